The molecule has 0 aliphatic heterocycles. The van der Waals surface area contributed by atoms with Crippen molar-refractivity contribution in [2.24, 2.45) is 5.92 Å². The second-order valence-corrected chi connectivity index (χ2v) is 8.69. The maximum atomic E-state index is 12.9. The van der Waals surface area contributed by atoms with Crippen molar-refractivity contribution in [3.05, 3.63) is 34.9 Å². The predicted octanol–water partition coefficient (Wildman–Crippen LogP) is 3.00. The van der Waals surface area contributed by atoms with E-state index in [1.165, 1.54) is 7.05 Å². The van der Waals surface area contributed by atoms with Crippen LogP contribution in [0.15, 0.2) is 24.3 Å². The largest absolute Gasteiger partial charge is 0.480 e. The summed E-state index contributed by atoms with van der Waals surface area (Å²) in [5.41, 5.74) is 0.700. The number of rotatable bonds is 11. The van der Waals surface area contributed by atoms with Gasteiger partial charge in [0.15, 0.2) is 0 Å². The highest BCUT2D eigenvalue weighted by Crippen LogP contribution is 2.27. The third-order valence-corrected chi connectivity index (χ3v) is 5.95. The van der Waals surface area contributed by atoms with Gasteiger partial charge in [0.05, 0.1) is 0 Å². The topological polar surface area (TPSA) is 134 Å². The molecule has 1 fully saturated rings. The summed E-state index contributed by atoms with van der Waals surface area (Å²) in [6.45, 7) is -0.0198. The first-order valence-electron chi connectivity index (χ1n) is 11.2. The van der Waals surface area contributed by atoms with Gasteiger partial charge in [-0.25, -0.2) is 9.59 Å². The molecule has 1 saturated carbocycles. The van der Waals surface area contributed by atoms with E-state index in [9.17, 15) is 24.3 Å². The molecule has 1 aliphatic rings. The maximum absolute atomic E-state index is 12.9. The van der Waals surface area contributed by atoms with E-state index in [2.05, 4.69) is 16.0 Å². The third-order valence-electron chi connectivity index (χ3n) is 5.71. The smallest absolute Gasteiger partial charge is 0.408 e. The molecule has 0 bridgehead atoms. The van der Waals surface area contributed by atoms with Crippen molar-refractivity contribution in [3.8, 4) is 0 Å². The van der Waals surface area contributed by atoms with Crippen LogP contribution < -0.4 is 16.0 Å². The van der Waals surface area contributed by atoms with Crippen LogP contribution in [0.25, 0.3) is 0 Å². The third kappa shape index (κ3) is 9.69. The molecule has 2 rings (SSSR count). The minimum Gasteiger partial charge on any atom is -0.480 e. The van der Waals surface area contributed by atoms with Gasteiger partial charge in [0, 0.05) is 18.5 Å². The molecular formula is C23H32ClN3O6. The lowest BCUT2D eigenvalue weighted by Crippen LogP contribution is -2.52. The van der Waals surface area contributed by atoms with E-state index < -0.39 is 30.1 Å². The van der Waals surface area contributed by atoms with E-state index in [1.807, 2.05) is 0 Å². The first kappa shape index (κ1) is 26.4. The zero-order valence-corrected chi connectivity index (χ0v) is 19.5. The molecule has 0 aromatic heterocycles. The van der Waals surface area contributed by atoms with Crippen LogP contribution in [0.1, 0.15) is 56.9 Å². The van der Waals surface area contributed by atoms with Crippen molar-refractivity contribution in [3.63, 3.8) is 0 Å². The quantitative estimate of drug-likeness (QED) is 0.384. The van der Waals surface area contributed by atoms with Crippen LogP contribution in [0.5, 0.6) is 0 Å². The number of carboxylic acids is 1. The minimum atomic E-state index is -1.24. The number of halogens is 1. The predicted molar refractivity (Wildman–Crippen MR) is 123 cm³/mol. The standard InChI is InChI=1S/C23H32ClN3O6/c1-25-20(28)11-10-18(22(30)31)26-21(29)19(13-15-6-3-2-4-7-15)27-23(32)33-14-16-8-5-9-17(24)12-16/h5,8-9,12,15,18-19H,2-4,6-7,10-11,13-14H2,1H3,(H,25,28)(H,26,29)(H,27,32)(H,30,31)/t18?,19-/m0/s1. The molecule has 33 heavy (non-hydrogen) atoms. The van der Waals surface area contributed by atoms with Crippen molar-refractivity contribution in [1.82, 2.24) is 16.0 Å². The molecule has 4 N–H and O–H groups in total. The Morgan fingerprint density at radius 2 is 1.85 bits per heavy atom. The van der Waals surface area contributed by atoms with Crippen LogP contribution in [0.4, 0.5) is 4.79 Å². The number of hydrogen-bond acceptors (Lipinski definition) is 5. The van der Waals surface area contributed by atoms with Crippen molar-refractivity contribution >= 4 is 35.5 Å². The zero-order valence-electron chi connectivity index (χ0n) is 18.8. The number of aliphatic carboxylic acids is 1. The number of carbonyl (C=O) groups excluding carboxylic acids is 3. The Kier molecular flexibility index (Phi) is 11.0. The maximum Gasteiger partial charge on any atom is 0.408 e. The van der Waals surface area contributed by atoms with Crippen molar-refractivity contribution in [2.75, 3.05) is 7.05 Å². The van der Waals surface area contributed by atoms with Crippen molar-refractivity contribution in [1.29, 1.82) is 0 Å². The van der Waals surface area contributed by atoms with Gasteiger partial charge in [0.2, 0.25) is 11.8 Å². The first-order valence-corrected chi connectivity index (χ1v) is 11.6. The molecule has 2 atom stereocenters. The minimum absolute atomic E-state index is 0.0198. The van der Waals surface area contributed by atoms with E-state index in [1.54, 1.807) is 24.3 Å². The summed E-state index contributed by atoms with van der Waals surface area (Å²) in [4.78, 5) is 48.4. The molecule has 0 spiro atoms. The van der Waals surface area contributed by atoms with Gasteiger partial charge in [0.1, 0.15) is 18.7 Å². The Hall–Kier alpha value is -2.81. The number of nitrogens with one attached hydrogen (secondary N) is 3. The van der Waals surface area contributed by atoms with Crippen LogP contribution in [0.2, 0.25) is 5.02 Å². The van der Waals surface area contributed by atoms with E-state index >= 15 is 0 Å². The zero-order chi connectivity index (χ0) is 24.2. The second-order valence-electron chi connectivity index (χ2n) is 8.25. The van der Waals surface area contributed by atoms with Gasteiger partial charge in [-0.05, 0) is 36.5 Å². The fourth-order valence-electron chi connectivity index (χ4n) is 3.88. The van der Waals surface area contributed by atoms with Crippen molar-refractivity contribution < 1.29 is 29.0 Å². The first-order chi connectivity index (χ1) is 15.8. The number of carbonyl (C=O) groups is 4. The second kappa shape index (κ2) is 13.7. The molecule has 1 aliphatic carbocycles. The van der Waals surface area contributed by atoms with Crippen LogP contribution in [0.3, 0.4) is 0 Å². The summed E-state index contributed by atoms with van der Waals surface area (Å²) >= 11 is 5.94. The average Bonchev–Trinajstić information content (AvgIpc) is 2.80. The van der Waals surface area contributed by atoms with Gasteiger partial charge in [-0.2, -0.15) is 0 Å². The molecule has 1 aromatic rings. The Balaban J connectivity index is 2.01. The lowest BCUT2D eigenvalue weighted by atomic mass is 9.84. The summed E-state index contributed by atoms with van der Waals surface area (Å²) in [6.07, 6.45) is 4.66. The average molecular weight is 482 g/mol. The molecule has 1 unspecified atom stereocenters. The molecule has 182 valence electrons. The highest BCUT2D eigenvalue weighted by Gasteiger charge is 2.30. The Morgan fingerprint density at radius 3 is 2.48 bits per heavy atom. The molecule has 3 amide bonds. The van der Waals surface area contributed by atoms with Gasteiger partial charge >= 0.3 is 12.1 Å². The molecule has 10 heteroatoms. The van der Waals surface area contributed by atoms with E-state index in [4.69, 9.17) is 16.3 Å². The highest BCUT2D eigenvalue weighted by molar-refractivity contribution is 6.30. The number of ether oxygens (including phenoxy) is 1. The van der Waals surface area contributed by atoms with E-state index in [-0.39, 0.29) is 31.3 Å². The van der Waals surface area contributed by atoms with E-state index in [0.717, 1.165) is 32.1 Å². The fraction of sp³-hybridized carbons (Fsp3) is 0.565. The number of hydrogen-bond donors (Lipinski definition) is 4. The summed E-state index contributed by atoms with van der Waals surface area (Å²) < 4.78 is 5.24. The Labute approximate surface area is 198 Å². The summed E-state index contributed by atoms with van der Waals surface area (Å²) in [5.74, 6) is -1.93. The molecule has 0 radical (unpaired) electrons. The number of carboxylic acid groups (broad SMARTS) is 1. The van der Waals surface area contributed by atoms with E-state index in [0.29, 0.717) is 17.0 Å². The normalized spacial score (nSPS) is 15.7. The van der Waals surface area contributed by atoms with Gasteiger partial charge < -0.3 is 25.8 Å². The lowest BCUT2D eigenvalue weighted by Gasteiger charge is -2.27. The molecule has 1 aromatic carbocycles. The highest BCUT2D eigenvalue weighted by atomic mass is 35.5. The molecule has 9 nitrogen and oxygen atoms in total. The van der Waals surface area contributed by atoms with Gasteiger partial charge in [-0.1, -0.05) is 55.8 Å². The lowest BCUT2D eigenvalue weighted by molar-refractivity contribution is -0.142. The summed E-state index contributed by atoms with van der Waals surface area (Å²) in [6, 6.07) is 4.69. The van der Waals surface area contributed by atoms with Gasteiger partial charge in [-0.15, -0.1) is 0 Å². The van der Waals surface area contributed by atoms with Gasteiger partial charge in [0.25, 0.3) is 0 Å². The Bertz CT molecular complexity index is 828. The number of alkyl carbamates (subject to hydrolysis) is 1. The van der Waals surface area contributed by atoms with Gasteiger partial charge in [-0.3, -0.25) is 9.59 Å². The summed E-state index contributed by atoms with van der Waals surface area (Å²) in [5, 5.41) is 17.4. The molecule has 0 saturated heterocycles. The number of benzene rings is 1. The van der Waals surface area contributed by atoms with Crippen LogP contribution in [-0.4, -0.2) is 48.1 Å². The monoisotopic (exact) mass is 481 g/mol. The van der Waals surface area contributed by atoms with Crippen LogP contribution in [0, 0.1) is 5.92 Å². The number of amides is 3. The molecule has 0 heterocycles. The van der Waals surface area contributed by atoms with Crippen LogP contribution in [-0.2, 0) is 25.7 Å². The Morgan fingerprint density at radius 1 is 1.12 bits per heavy atom. The fourth-order valence-corrected chi connectivity index (χ4v) is 4.09. The summed E-state index contributed by atoms with van der Waals surface area (Å²) in [7, 11) is 1.45. The van der Waals surface area contributed by atoms with Crippen LogP contribution >= 0.6 is 11.6 Å². The SMILES string of the molecule is CNC(=O)CCC(NC(=O)[C@H](CC1CCCCC1)NC(=O)OCc1cccc(Cl)c1)C(=O)O. The molecular weight excluding hydrogens is 450 g/mol. The van der Waals surface area contributed by atoms with Crippen molar-refractivity contribution in [2.45, 2.75) is 70.1 Å².